The van der Waals surface area contributed by atoms with E-state index in [1.54, 1.807) is 6.07 Å². The van der Waals surface area contributed by atoms with Crippen LogP contribution >= 0.6 is 0 Å². The average molecular weight is 208 g/mol. The maximum absolute atomic E-state index is 10.5. The normalized spacial score (nSPS) is 10.4. The van der Waals surface area contributed by atoms with Gasteiger partial charge in [0.25, 0.3) is 0 Å². The van der Waals surface area contributed by atoms with Crippen molar-refractivity contribution in [2.24, 2.45) is 5.73 Å². The lowest BCUT2D eigenvalue weighted by atomic mass is 10.00. The smallest absolute Gasteiger partial charge is 0.409 e. The Balaban J connectivity index is 3.05. The quantitative estimate of drug-likeness (QED) is 0.713. The third-order valence-corrected chi connectivity index (χ3v) is 2.17. The molecule has 0 aromatic heterocycles. The predicted molar refractivity (Wildman–Crippen MR) is 60.1 cm³/mol. The Labute approximate surface area is 89.1 Å². The summed E-state index contributed by atoms with van der Waals surface area (Å²) < 4.78 is 0. The van der Waals surface area contributed by atoms with Gasteiger partial charge in [0.1, 0.15) is 0 Å². The molecule has 0 radical (unpaired) electrons. The van der Waals surface area contributed by atoms with Crippen LogP contribution in [-0.2, 0) is 6.54 Å². The van der Waals surface area contributed by atoms with Crippen molar-refractivity contribution in [1.29, 1.82) is 0 Å². The molecule has 0 saturated heterocycles. The zero-order chi connectivity index (χ0) is 11.4. The van der Waals surface area contributed by atoms with E-state index in [9.17, 15) is 4.79 Å². The number of nitrogens with two attached hydrogens (primary N) is 1. The molecule has 1 aromatic rings. The van der Waals surface area contributed by atoms with Gasteiger partial charge in [0.15, 0.2) is 0 Å². The lowest BCUT2D eigenvalue weighted by Crippen LogP contribution is -2.09. The van der Waals surface area contributed by atoms with Crippen molar-refractivity contribution in [2.45, 2.75) is 26.3 Å². The number of nitrogens with one attached hydrogen (secondary N) is 1. The van der Waals surface area contributed by atoms with Crippen LogP contribution in [0.15, 0.2) is 18.2 Å². The first-order chi connectivity index (χ1) is 7.02. The molecule has 1 amide bonds. The molecule has 1 rings (SSSR count). The number of amides is 1. The maximum Gasteiger partial charge on any atom is 0.409 e. The van der Waals surface area contributed by atoms with E-state index in [2.05, 4.69) is 19.2 Å². The van der Waals surface area contributed by atoms with Gasteiger partial charge in [0.05, 0.1) is 0 Å². The summed E-state index contributed by atoms with van der Waals surface area (Å²) >= 11 is 0. The summed E-state index contributed by atoms with van der Waals surface area (Å²) in [6.07, 6.45) is -1.06. The fraction of sp³-hybridized carbons (Fsp3) is 0.364. The number of rotatable bonds is 3. The lowest BCUT2D eigenvalue weighted by Gasteiger charge is -2.10. The summed E-state index contributed by atoms with van der Waals surface area (Å²) in [6, 6.07) is 5.58. The highest BCUT2D eigenvalue weighted by Crippen LogP contribution is 2.21. The SMILES string of the molecule is CC(C)c1cc(CN)cc(NC(=O)O)c1. The molecule has 0 aliphatic rings. The number of anilines is 1. The van der Waals surface area contributed by atoms with E-state index in [4.69, 9.17) is 10.8 Å². The Bertz CT molecular complexity index is 362. The summed E-state index contributed by atoms with van der Waals surface area (Å²) in [5.41, 5.74) is 8.14. The second kappa shape index (κ2) is 4.79. The van der Waals surface area contributed by atoms with Crippen LogP contribution in [0.25, 0.3) is 0 Å². The summed E-state index contributed by atoms with van der Waals surface area (Å²) in [4.78, 5) is 10.5. The Morgan fingerprint density at radius 2 is 2.13 bits per heavy atom. The van der Waals surface area contributed by atoms with Gasteiger partial charge in [-0.3, -0.25) is 5.32 Å². The van der Waals surface area contributed by atoms with Gasteiger partial charge in [-0.15, -0.1) is 0 Å². The van der Waals surface area contributed by atoms with Crippen molar-refractivity contribution in [2.75, 3.05) is 5.32 Å². The highest BCUT2D eigenvalue weighted by Gasteiger charge is 2.05. The summed E-state index contributed by atoms with van der Waals surface area (Å²) in [7, 11) is 0. The fourth-order valence-electron chi connectivity index (χ4n) is 1.37. The Morgan fingerprint density at radius 3 is 2.60 bits per heavy atom. The molecular weight excluding hydrogens is 192 g/mol. The molecular formula is C11H16N2O2. The number of benzene rings is 1. The molecule has 0 heterocycles. The van der Waals surface area contributed by atoms with Crippen LogP contribution in [0.4, 0.5) is 10.5 Å². The van der Waals surface area contributed by atoms with Crippen LogP contribution in [0, 0.1) is 0 Å². The first-order valence-corrected chi connectivity index (χ1v) is 4.86. The number of hydrogen-bond donors (Lipinski definition) is 3. The second-order valence-corrected chi connectivity index (χ2v) is 3.75. The molecule has 0 unspecified atom stereocenters. The first kappa shape index (κ1) is 11.5. The third kappa shape index (κ3) is 3.25. The Kier molecular flexibility index (Phi) is 3.68. The van der Waals surface area contributed by atoms with Gasteiger partial charge in [-0.1, -0.05) is 19.9 Å². The van der Waals surface area contributed by atoms with Crippen LogP contribution in [0.3, 0.4) is 0 Å². The topological polar surface area (TPSA) is 75.3 Å². The molecule has 0 saturated carbocycles. The first-order valence-electron chi connectivity index (χ1n) is 4.86. The molecule has 82 valence electrons. The maximum atomic E-state index is 10.5. The highest BCUT2D eigenvalue weighted by molar-refractivity contribution is 5.83. The zero-order valence-corrected chi connectivity index (χ0v) is 8.95. The molecule has 0 fully saturated rings. The van der Waals surface area contributed by atoms with Gasteiger partial charge in [-0.25, -0.2) is 4.79 Å². The molecule has 0 atom stereocenters. The van der Waals surface area contributed by atoms with Crippen molar-refractivity contribution >= 4 is 11.8 Å². The molecule has 0 spiro atoms. The fourth-order valence-corrected chi connectivity index (χ4v) is 1.37. The van der Waals surface area contributed by atoms with Gasteiger partial charge in [-0.05, 0) is 29.2 Å². The number of hydrogen-bond acceptors (Lipinski definition) is 2. The molecule has 4 N–H and O–H groups in total. The van der Waals surface area contributed by atoms with E-state index < -0.39 is 6.09 Å². The molecule has 0 bridgehead atoms. The summed E-state index contributed by atoms with van der Waals surface area (Å²) in [5, 5.41) is 11.0. The van der Waals surface area contributed by atoms with Crippen molar-refractivity contribution < 1.29 is 9.90 Å². The standard InChI is InChI=1S/C11H16N2O2/c1-7(2)9-3-8(6-12)4-10(5-9)13-11(14)15/h3-5,7,13H,6,12H2,1-2H3,(H,14,15). The van der Waals surface area contributed by atoms with Crippen molar-refractivity contribution in [3.63, 3.8) is 0 Å². The van der Waals surface area contributed by atoms with Crippen LogP contribution < -0.4 is 11.1 Å². The number of carboxylic acid groups (broad SMARTS) is 1. The number of carbonyl (C=O) groups is 1. The van der Waals surface area contributed by atoms with Crippen molar-refractivity contribution in [3.05, 3.63) is 29.3 Å². The van der Waals surface area contributed by atoms with Crippen molar-refractivity contribution in [3.8, 4) is 0 Å². The third-order valence-electron chi connectivity index (χ3n) is 2.17. The Morgan fingerprint density at radius 1 is 1.47 bits per heavy atom. The Hall–Kier alpha value is -1.55. The van der Waals surface area contributed by atoms with Gasteiger partial charge in [-0.2, -0.15) is 0 Å². The lowest BCUT2D eigenvalue weighted by molar-refractivity contribution is 0.210. The van der Waals surface area contributed by atoms with E-state index in [1.165, 1.54) is 0 Å². The molecule has 4 nitrogen and oxygen atoms in total. The minimum atomic E-state index is -1.06. The van der Waals surface area contributed by atoms with Gasteiger partial charge >= 0.3 is 6.09 Å². The zero-order valence-electron chi connectivity index (χ0n) is 8.95. The predicted octanol–water partition coefficient (Wildman–Crippen LogP) is 2.36. The average Bonchev–Trinajstić information content (AvgIpc) is 2.16. The van der Waals surface area contributed by atoms with E-state index in [-0.39, 0.29) is 0 Å². The van der Waals surface area contributed by atoms with Crippen LogP contribution in [0.2, 0.25) is 0 Å². The van der Waals surface area contributed by atoms with Crippen molar-refractivity contribution in [1.82, 2.24) is 0 Å². The van der Waals surface area contributed by atoms with E-state index >= 15 is 0 Å². The monoisotopic (exact) mass is 208 g/mol. The van der Waals surface area contributed by atoms with E-state index in [1.807, 2.05) is 12.1 Å². The molecule has 1 aromatic carbocycles. The van der Waals surface area contributed by atoms with E-state index in [0.717, 1.165) is 11.1 Å². The van der Waals surface area contributed by atoms with Gasteiger partial charge in [0.2, 0.25) is 0 Å². The molecule has 4 heteroatoms. The van der Waals surface area contributed by atoms with E-state index in [0.29, 0.717) is 18.2 Å². The second-order valence-electron chi connectivity index (χ2n) is 3.75. The minimum Gasteiger partial charge on any atom is -0.465 e. The molecule has 0 aliphatic heterocycles. The summed E-state index contributed by atoms with van der Waals surface area (Å²) in [5.74, 6) is 0.353. The van der Waals surface area contributed by atoms with Crippen LogP contribution in [0.1, 0.15) is 30.9 Å². The summed E-state index contributed by atoms with van der Waals surface area (Å²) in [6.45, 7) is 4.52. The van der Waals surface area contributed by atoms with Gasteiger partial charge < -0.3 is 10.8 Å². The highest BCUT2D eigenvalue weighted by atomic mass is 16.4. The molecule has 0 aliphatic carbocycles. The molecule has 15 heavy (non-hydrogen) atoms. The van der Waals surface area contributed by atoms with Crippen LogP contribution in [-0.4, -0.2) is 11.2 Å². The minimum absolute atomic E-state index is 0.353. The van der Waals surface area contributed by atoms with Gasteiger partial charge in [0, 0.05) is 12.2 Å². The largest absolute Gasteiger partial charge is 0.465 e. The van der Waals surface area contributed by atoms with Crippen LogP contribution in [0.5, 0.6) is 0 Å².